The van der Waals surface area contributed by atoms with Gasteiger partial charge < -0.3 is 5.73 Å². The average Bonchev–Trinajstić information content (AvgIpc) is 2.39. The molecule has 1 aromatic rings. The maximum atomic E-state index is 5.40. The maximum absolute atomic E-state index is 5.40. The van der Waals surface area contributed by atoms with Gasteiger partial charge in [0, 0.05) is 0 Å². The minimum atomic E-state index is 0.215. The Bertz CT molecular complexity index is 477. The van der Waals surface area contributed by atoms with E-state index in [0.29, 0.717) is 0 Å². The average molecular weight is 259 g/mol. The first-order valence-electron chi connectivity index (χ1n) is 6.14. The lowest BCUT2D eigenvalue weighted by atomic mass is 9.91. The molecular formula is C14H17N3S. The number of hydrogen-bond acceptors (Lipinski definition) is 2. The predicted octanol–water partition coefficient (Wildman–Crippen LogP) is 2.83. The molecule has 4 heteroatoms. The number of nitrogens with zero attached hydrogens (tertiary/aromatic N) is 1. The Morgan fingerprint density at radius 1 is 1.22 bits per heavy atom. The summed E-state index contributed by atoms with van der Waals surface area (Å²) in [5, 5.41) is 4.51. The van der Waals surface area contributed by atoms with E-state index >= 15 is 0 Å². The molecule has 1 saturated carbocycles. The molecule has 1 aromatic carbocycles. The normalized spacial score (nSPS) is 20.0. The predicted molar refractivity (Wildman–Crippen MR) is 80.2 cm³/mol. The largest absolute Gasteiger partial charge is 0.375 e. The van der Waals surface area contributed by atoms with Crippen molar-refractivity contribution in [3.63, 3.8) is 0 Å². The first kappa shape index (κ1) is 12.8. The number of allylic oxidation sites excluding steroid dienone is 1. The Hall–Kier alpha value is -1.68. The van der Waals surface area contributed by atoms with Crippen LogP contribution in [0.3, 0.4) is 0 Å². The second-order valence-electron chi connectivity index (χ2n) is 4.32. The SMILES string of the molecule is NC(=S)N/N=C1/CCCC/C1=C\c1ccccc1. The number of hydrazone groups is 1. The van der Waals surface area contributed by atoms with E-state index in [1.165, 1.54) is 24.0 Å². The van der Waals surface area contributed by atoms with Gasteiger partial charge in [-0.1, -0.05) is 30.3 Å². The van der Waals surface area contributed by atoms with Gasteiger partial charge in [-0.05, 0) is 55.1 Å². The Morgan fingerprint density at radius 2 is 1.94 bits per heavy atom. The van der Waals surface area contributed by atoms with E-state index in [1.807, 2.05) is 18.2 Å². The van der Waals surface area contributed by atoms with Crippen LogP contribution in [0.4, 0.5) is 0 Å². The van der Waals surface area contributed by atoms with Crippen molar-refractivity contribution in [2.75, 3.05) is 0 Å². The number of thiocarbonyl (C=S) groups is 1. The molecule has 3 N–H and O–H groups in total. The summed E-state index contributed by atoms with van der Waals surface area (Å²) in [6.45, 7) is 0. The standard InChI is InChI=1S/C14H17N3S/c15-14(18)17-16-13-9-5-4-8-12(13)10-11-6-2-1-3-7-11/h1-3,6-7,10H,4-5,8-9H2,(H3,15,17,18)/b12-10+,16-13-. The van der Waals surface area contributed by atoms with E-state index < -0.39 is 0 Å². The Kier molecular flexibility index (Phi) is 4.47. The van der Waals surface area contributed by atoms with Gasteiger partial charge in [-0.2, -0.15) is 5.10 Å². The van der Waals surface area contributed by atoms with Crippen LogP contribution in [0.5, 0.6) is 0 Å². The van der Waals surface area contributed by atoms with E-state index in [1.54, 1.807) is 0 Å². The molecule has 18 heavy (non-hydrogen) atoms. The Balaban J connectivity index is 2.20. The molecule has 0 aliphatic heterocycles. The molecule has 1 fully saturated rings. The minimum absolute atomic E-state index is 0.215. The zero-order valence-corrected chi connectivity index (χ0v) is 11.0. The van der Waals surface area contributed by atoms with Crippen LogP contribution >= 0.6 is 12.2 Å². The van der Waals surface area contributed by atoms with Crippen molar-refractivity contribution >= 4 is 29.1 Å². The summed E-state index contributed by atoms with van der Waals surface area (Å²) in [7, 11) is 0. The van der Waals surface area contributed by atoms with E-state index in [0.717, 1.165) is 18.6 Å². The molecule has 0 atom stereocenters. The topological polar surface area (TPSA) is 50.4 Å². The smallest absolute Gasteiger partial charge is 0.184 e. The summed E-state index contributed by atoms with van der Waals surface area (Å²) < 4.78 is 0. The fourth-order valence-corrected chi connectivity index (χ4v) is 2.11. The van der Waals surface area contributed by atoms with Gasteiger partial charge in [0.05, 0.1) is 5.71 Å². The maximum Gasteiger partial charge on any atom is 0.184 e. The molecule has 0 heterocycles. The molecule has 0 saturated heterocycles. The van der Waals surface area contributed by atoms with Crippen LogP contribution in [0.2, 0.25) is 0 Å². The molecule has 0 radical (unpaired) electrons. The van der Waals surface area contributed by atoms with E-state index in [2.05, 4.69) is 28.7 Å². The quantitative estimate of drug-likeness (QED) is 0.634. The van der Waals surface area contributed by atoms with Crippen molar-refractivity contribution in [2.24, 2.45) is 10.8 Å². The van der Waals surface area contributed by atoms with Gasteiger partial charge in [0.1, 0.15) is 0 Å². The minimum Gasteiger partial charge on any atom is -0.375 e. The lowest BCUT2D eigenvalue weighted by Crippen LogP contribution is -2.26. The van der Waals surface area contributed by atoms with Gasteiger partial charge in [0.25, 0.3) is 0 Å². The van der Waals surface area contributed by atoms with Gasteiger partial charge in [-0.15, -0.1) is 0 Å². The highest BCUT2D eigenvalue weighted by Gasteiger charge is 2.13. The van der Waals surface area contributed by atoms with Crippen molar-refractivity contribution in [3.8, 4) is 0 Å². The molecule has 0 bridgehead atoms. The molecule has 0 aromatic heterocycles. The summed E-state index contributed by atoms with van der Waals surface area (Å²) >= 11 is 4.77. The second kappa shape index (κ2) is 6.31. The third-order valence-corrected chi connectivity index (χ3v) is 3.01. The van der Waals surface area contributed by atoms with Crippen molar-refractivity contribution in [1.29, 1.82) is 0 Å². The van der Waals surface area contributed by atoms with Gasteiger partial charge >= 0.3 is 0 Å². The van der Waals surface area contributed by atoms with Crippen LogP contribution < -0.4 is 11.2 Å². The molecule has 0 amide bonds. The highest BCUT2D eigenvalue weighted by molar-refractivity contribution is 7.80. The third-order valence-electron chi connectivity index (χ3n) is 2.92. The summed E-state index contributed by atoms with van der Waals surface area (Å²) in [6, 6.07) is 10.3. The summed E-state index contributed by atoms with van der Waals surface area (Å²) in [5.74, 6) is 0. The van der Waals surface area contributed by atoms with E-state index in [4.69, 9.17) is 18.0 Å². The summed E-state index contributed by atoms with van der Waals surface area (Å²) in [5.41, 5.74) is 11.6. The number of hydrogen-bond donors (Lipinski definition) is 2. The van der Waals surface area contributed by atoms with Gasteiger partial charge in [0.15, 0.2) is 5.11 Å². The highest BCUT2D eigenvalue weighted by Crippen LogP contribution is 2.23. The molecule has 0 unspecified atom stereocenters. The van der Waals surface area contributed by atoms with Gasteiger partial charge in [-0.3, -0.25) is 5.43 Å². The summed E-state index contributed by atoms with van der Waals surface area (Å²) in [4.78, 5) is 0. The molecule has 94 valence electrons. The van der Waals surface area contributed by atoms with E-state index in [9.17, 15) is 0 Å². The monoisotopic (exact) mass is 259 g/mol. The number of nitrogens with one attached hydrogen (secondary N) is 1. The zero-order valence-electron chi connectivity index (χ0n) is 10.2. The fourth-order valence-electron chi connectivity index (χ4n) is 2.07. The number of rotatable bonds is 2. The van der Waals surface area contributed by atoms with Crippen LogP contribution in [0.25, 0.3) is 6.08 Å². The van der Waals surface area contributed by atoms with Crippen LogP contribution in [0, 0.1) is 0 Å². The van der Waals surface area contributed by atoms with Crippen LogP contribution in [0.1, 0.15) is 31.2 Å². The van der Waals surface area contributed by atoms with Crippen LogP contribution in [0.15, 0.2) is 41.0 Å². The number of benzene rings is 1. The molecule has 1 aliphatic rings. The van der Waals surface area contributed by atoms with Gasteiger partial charge in [-0.25, -0.2) is 0 Å². The van der Waals surface area contributed by atoms with Crippen molar-refractivity contribution in [1.82, 2.24) is 5.43 Å². The molecule has 1 aliphatic carbocycles. The van der Waals surface area contributed by atoms with Crippen LogP contribution in [-0.2, 0) is 0 Å². The third kappa shape index (κ3) is 3.67. The lowest BCUT2D eigenvalue weighted by Gasteiger charge is -2.17. The molecule has 0 spiro atoms. The first-order valence-corrected chi connectivity index (χ1v) is 6.54. The lowest BCUT2D eigenvalue weighted by molar-refractivity contribution is 0.730. The van der Waals surface area contributed by atoms with E-state index in [-0.39, 0.29) is 5.11 Å². The highest BCUT2D eigenvalue weighted by atomic mass is 32.1. The van der Waals surface area contributed by atoms with Gasteiger partial charge in [0.2, 0.25) is 0 Å². The molecular weight excluding hydrogens is 242 g/mol. The molecule has 3 nitrogen and oxygen atoms in total. The summed E-state index contributed by atoms with van der Waals surface area (Å²) in [6.07, 6.45) is 6.62. The van der Waals surface area contributed by atoms with Crippen molar-refractivity contribution < 1.29 is 0 Å². The Labute approximate surface area is 113 Å². The molecule has 2 rings (SSSR count). The van der Waals surface area contributed by atoms with Crippen molar-refractivity contribution in [3.05, 3.63) is 41.5 Å². The Morgan fingerprint density at radius 3 is 2.67 bits per heavy atom. The number of nitrogens with two attached hydrogens (primary N) is 1. The second-order valence-corrected chi connectivity index (χ2v) is 4.76. The van der Waals surface area contributed by atoms with Crippen LogP contribution in [-0.4, -0.2) is 10.8 Å². The first-order chi connectivity index (χ1) is 8.75. The zero-order chi connectivity index (χ0) is 12.8. The van der Waals surface area contributed by atoms with Crippen molar-refractivity contribution in [2.45, 2.75) is 25.7 Å². The fraction of sp³-hybridized carbons (Fsp3) is 0.286.